The minimum Gasteiger partial charge on any atom is -0.493 e. The van der Waals surface area contributed by atoms with Gasteiger partial charge < -0.3 is 20.5 Å². The number of nitrogens with one attached hydrogen (secondary N) is 1. The van der Waals surface area contributed by atoms with E-state index in [1.54, 1.807) is 0 Å². The molecule has 2 rings (SSSR count). The van der Waals surface area contributed by atoms with Crippen molar-refractivity contribution in [2.24, 2.45) is 17.1 Å². The van der Waals surface area contributed by atoms with E-state index in [2.05, 4.69) is 31.3 Å². The Morgan fingerprint density at radius 3 is 2.48 bits per heavy atom. The Bertz CT molecular complexity index is 514. The van der Waals surface area contributed by atoms with E-state index in [0.29, 0.717) is 45.1 Å². The molecule has 1 amide bonds. The molecule has 1 aliphatic rings. The van der Waals surface area contributed by atoms with E-state index >= 15 is 0 Å². The van der Waals surface area contributed by atoms with Gasteiger partial charge >= 0.3 is 0 Å². The van der Waals surface area contributed by atoms with Gasteiger partial charge in [0, 0.05) is 26.3 Å². The van der Waals surface area contributed by atoms with Gasteiger partial charge in [0.25, 0.3) is 0 Å². The molecule has 0 radical (unpaired) electrons. The molecular weight excluding hydrogens is 340 g/mol. The SMILES string of the molecule is CC(C)COc1ccc(CCNC(=O)C2(CN)CCOCC2)cc1.Cl. The minimum atomic E-state index is -0.452. The Kier molecular flexibility index (Phi) is 9.25. The maximum Gasteiger partial charge on any atom is 0.227 e. The summed E-state index contributed by atoms with van der Waals surface area (Å²) in [6.07, 6.45) is 2.21. The Morgan fingerprint density at radius 1 is 1.28 bits per heavy atom. The van der Waals surface area contributed by atoms with E-state index in [-0.39, 0.29) is 18.3 Å². The summed E-state index contributed by atoms with van der Waals surface area (Å²) in [5.74, 6) is 1.46. The van der Waals surface area contributed by atoms with E-state index in [9.17, 15) is 4.79 Å². The van der Waals surface area contributed by atoms with E-state index in [0.717, 1.165) is 18.8 Å². The molecule has 6 heteroatoms. The van der Waals surface area contributed by atoms with Gasteiger partial charge in [-0.3, -0.25) is 4.79 Å². The number of benzene rings is 1. The van der Waals surface area contributed by atoms with Gasteiger partial charge in [0.15, 0.2) is 0 Å². The number of ether oxygens (including phenoxy) is 2. The first-order chi connectivity index (χ1) is 11.6. The highest BCUT2D eigenvalue weighted by molar-refractivity contribution is 5.85. The van der Waals surface area contributed by atoms with Crippen LogP contribution in [0.3, 0.4) is 0 Å². The van der Waals surface area contributed by atoms with Crippen molar-refractivity contribution in [1.82, 2.24) is 5.32 Å². The molecule has 142 valence electrons. The fourth-order valence-corrected chi connectivity index (χ4v) is 2.81. The van der Waals surface area contributed by atoms with Crippen LogP contribution in [0.1, 0.15) is 32.3 Å². The number of amides is 1. The van der Waals surface area contributed by atoms with Crippen LogP contribution in [0, 0.1) is 11.3 Å². The van der Waals surface area contributed by atoms with E-state index < -0.39 is 5.41 Å². The molecule has 3 N–H and O–H groups in total. The first-order valence-corrected chi connectivity index (χ1v) is 8.83. The van der Waals surface area contributed by atoms with Crippen LogP contribution in [0.5, 0.6) is 5.75 Å². The average molecular weight is 371 g/mol. The summed E-state index contributed by atoms with van der Waals surface area (Å²) in [4.78, 5) is 12.5. The summed E-state index contributed by atoms with van der Waals surface area (Å²) in [6, 6.07) is 8.07. The van der Waals surface area contributed by atoms with Crippen LogP contribution in [0.2, 0.25) is 0 Å². The summed E-state index contributed by atoms with van der Waals surface area (Å²) in [6.45, 7) is 7.20. The van der Waals surface area contributed by atoms with Crippen molar-refractivity contribution >= 4 is 18.3 Å². The number of carbonyl (C=O) groups excluding carboxylic acids is 1. The predicted molar refractivity (Wildman–Crippen MR) is 102 cm³/mol. The standard InChI is InChI=1S/C19H30N2O3.ClH/c1-15(2)13-24-17-5-3-16(4-6-17)7-10-21-18(22)19(14-20)8-11-23-12-9-19;/h3-6,15H,7-14,20H2,1-2H3,(H,21,22);1H. The fraction of sp³-hybridized carbons (Fsp3) is 0.632. The van der Waals surface area contributed by atoms with Gasteiger partial charge in [0.2, 0.25) is 5.91 Å². The number of nitrogens with two attached hydrogens (primary N) is 1. The Hall–Kier alpha value is -1.30. The third-order valence-electron chi connectivity index (χ3n) is 4.53. The molecule has 1 aliphatic heterocycles. The first kappa shape index (κ1) is 21.7. The Balaban J connectivity index is 0.00000312. The van der Waals surface area contributed by atoms with Gasteiger partial charge in [-0.15, -0.1) is 12.4 Å². The smallest absolute Gasteiger partial charge is 0.227 e. The van der Waals surface area contributed by atoms with Crippen LogP contribution >= 0.6 is 12.4 Å². The van der Waals surface area contributed by atoms with Crippen LogP contribution in [0.4, 0.5) is 0 Å². The van der Waals surface area contributed by atoms with Crippen LogP contribution in [-0.4, -0.2) is 38.8 Å². The highest BCUT2D eigenvalue weighted by atomic mass is 35.5. The number of hydrogen-bond acceptors (Lipinski definition) is 4. The Labute approximate surface area is 157 Å². The van der Waals surface area contributed by atoms with E-state index in [1.165, 1.54) is 5.56 Å². The lowest BCUT2D eigenvalue weighted by molar-refractivity contribution is -0.135. The average Bonchev–Trinajstić information content (AvgIpc) is 2.61. The highest BCUT2D eigenvalue weighted by Crippen LogP contribution is 2.29. The number of rotatable bonds is 8. The third kappa shape index (κ3) is 6.49. The zero-order chi connectivity index (χ0) is 17.4. The van der Waals surface area contributed by atoms with Gasteiger partial charge in [-0.25, -0.2) is 0 Å². The normalized spacial score (nSPS) is 16.2. The molecule has 1 saturated heterocycles. The lowest BCUT2D eigenvalue weighted by Gasteiger charge is -2.34. The second-order valence-corrected chi connectivity index (χ2v) is 6.95. The summed E-state index contributed by atoms with van der Waals surface area (Å²) in [5.41, 5.74) is 6.59. The maximum absolute atomic E-state index is 12.5. The van der Waals surface area contributed by atoms with Crippen LogP contribution in [0.15, 0.2) is 24.3 Å². The summed E-state index contributed by atoms with van der Waals surface area (Å²) >= 11 is 0. The molecule has 0 aromatic heterocycles. The van der Waals surface area contributed by atoms with Crippen LogP contribution in [0.25, 0.3) is 0 Å². The predicted octanol–water partition coefficient (Wildman–Crippen LogP) is 2.56. The van der Waals surface area contributed by atoms with E-state index in [1.807, 2.05) is 12.1 Å². The lowest BCUT2D eigenvalue weighted by Crippen LogP contribution is -2.49. The second kappa shape index (κ2) is 10.6. The summed E-state index contributed by atoms with van der Waals surface area (Å²) in [7, 11) is 0. The molecule has 0 unspecified atom stereocenters. The molecule has 1 aromatic rings. The topological polar surface area (TPSA) is 73.6 Å². The fourth-order valence-electron chi connectivity index (χ4n) is 2.81. The van der Waals surface area contributed by atoms with Gasteiger partial charge in [-0.05, 0) is 42.9 Å². The maximum atomic E-state index is 12.5. The van der Waals surface area contributed by atoms with Crippen LogP contribution in [-0.2, 0) is 16.0 Å². The van der Waals surface area contributed by atoms with Gasteiger partial charge in [0.05, 0.1) is 12.0 Å². The Morgan fingerprint density at radius 2 is 1.92 bits per heavy atom. The molecule has 1 fully saturated rings. The molecule has 0 spiro atoms. The second-order valence-electron chi connectivity index (χ2n) is 6.95. The molecule has 0 aliphatic carbocycles. The number of hydrogen-bond donors (Lipinski definition) is 2. The van der Waals surface area contributed by atoms with Gasteiger partial charge in [-0.1, -0.05) is 26.0 Å². The molecule has 1 aromatic carbocycles. The van der Waals surface area contributed by atoms with Crippen molar-refractivity contribution in [2.75, 3.05) is 32.9 Å². The van der Waals surface area contributed by atoms with Crippen molar-refractivity contribution in [1.29, 1.82) is 0 Å². The van der Waals surface area contributed by atoms with E-state index in [4.69, 9.17) is 15.2 Å². The quantitative estimate of drug-likeness (QED) is 0.737. The molecule has 5 nitrogen and oxygen atoms in total. The summed E-state index contributed by atoms with van der Waals surface area (Å²) < 4.78 is 11.0. The van der Waals surface area contributed by atoms with Crippen molar-refractivity contribution in [3.8, 4) is 5.75 Å². The molecule has 1 heterocycles. The zero-order valence-corrected chi connectivity index (χ0v) is 16.1. The minimum absolute atomic E-state index is 0. The zero-order valence-electron chi connectivity index (χ0n) is 15.3. The molecule has 0 saturated carbocycles. The molecule has 0 atom stereocenters. The van der Waals surface area contributed by atoms with Crippen molar-refractivity contribution in [3.05, 3.63) is 29.8 Å². The third-order valence-corrected chi connectivity index (χ3v) is 4.53. The van der Waals surface area contributed by atoms with Crippen LogP contribution < -0.4 is 15.8 Å². The first-order valence-electron chi connectivity index (χ1n) is 8.83. The number of carbonyl (C=O) groups is 1. The summed E-state index contributed by atoms with van der Waals surface area (Å²) in [5, 5.41) is 3.04. The molecule has 0 bridgehead atoms. The monoisotopic (exact) mass is 370 g/mol. The van der Waals surface area contributed by atoms with Crippen molar-refractivity contribution < 1.29 is 14.3 Å². The molecular formula is C19H31ClN2O3. The largest absolute Gasteiger partial charge is 0.493 e. The van der Waals surface area contributed by atoms with Gasteiger partial charge in [-0.2, -0.15) is 0 Å². The van der Waals surface area contributed by atoms with Crippen molar-refractivity contribution in [2.45, 2.75) is 33.1 Å². The molecule has 25 heavy (non-hydrogen) atoms. The lowest BCUT2D eigenvalue weighted by atomic mass is 9.79. The van der Waals surface area contributed by atoms with Crippen molar-refractivity contribution in [3.63, 3.8) is 0 Å². The van der Waals surface area contributed by atoms with Gasteiger partial charge in [0.1, 0.15) is 5.75 Å². The highest BCUT2D eigenvalue weighted by Gasteiger charge is 2.38. The number of halogens is 1.